The van der Waals surface area contributed by atoms with Crippen molar-refractivity contribution in [2.75, 3.05) is 26.4 Å². The maximum atomic E-state index is 12.8. The molecule has 600 valence electrons. The number of carbonyl (C=O) groups is 2. The number of allylic oxidation sites excluding steroid dienone is 4. The highest BCUT2D eigenvalue weighted by Crippen LogP contribution is 2.43. The average Bonchev–Trinajstić information content (AvgIpc) is 1.01. The van der Waals surface area contributed by atoms with Gasteiger partial charge in [-0.05, 0) is 44.9 Å². The van der Waals surface area contributed by atoms with Crippen molar-refractivity contribution in [1.29, 1.82) is 0 Å². The molecular formula is C91H178NO8P. The van der Waals surface area contributed by atoms with Crippen LogP contribution in [-0.4, -0.2) is 49.3 Å². The van der Waals surface area contributed by atoms with Crippen molar-refractivity contribution in [3.05, 3.63) is 24.3 Å². The molecule has 0 saturated carbocycles. The molecule has 2 atom stereocenters. The van der Waals surface area contributed by atoms with Crippen molar-refractivity contribution in [2.24, 2.45) is 5.73 Å². The van der Waals surface area contributed by atoms with Crippen LogP contribution in [0.5, 0.6) is 0 Å². The van der Waals surface area contributed by atoms with Crippen LogP contribution in [0.15, 0.2) is 24.3 Å². The summed E-state index contributed by atoms with van der Waals surface area (Å²) in [5.74, 6) is -0.794. The molecule has 0 aromatic rings. The standard InChI is InChI=1S/C91H178NO8P/c1-3-5-7-9-11-13-15-17-19-21-23-25-27-29-31-33-35-37-39-41-43-44-46-47-49-51-53-55-57-59-61-63-65-67-69-71-73-75-77-79-81-83-90(93)97-87-89(88-99-101(95,96)98-86-85-92)100-91(94)84-82-80-78-76-74-72-70-68-66-64-62-60-58-56-54-52-50-48-45-42-40-38-36-34-32-30-28-26-24-22-20-18-16-14-12-10-8-6-4-2/h16,18,22,24,89H,3-15,17,19-21,23,25-88,92H2,1-2H3,(H,95,96)/b18-16-,24-22-. The van der Waals surface area contributed by atoms with Crippen LogP contribution in [0.1, 0.15) is 515 Å². The van der Waals surface area contributed by atoms with Gasteiger partial charge in [-0.25, -0.2) is 4.57 Å². The summed E-state index contributed by atoms with van der Waals surface area (Å²) in [5, 5.41) is 0. The minimum atomic E-state index is -4.40. The van der Waals surface area contributed by atoms with E-state index < -0.39 is 26.5 Å². The molecule has 0 amide bonds. The molecule has 0 aromatic carbocycles. The molecule has 0 bridgehead atoms. The Labute approximate surface area is 631 Å². The van der Waals surface area contributed by atoms with Gasteiger partial charge in [0.05, 0.1) is 13.2 Å². The highest BCUT2D eigenvalue weighted by Gasteiger charge is 2.26. The first-order valence-electron chi connectivity index (χ1n) is 45.8. The molecule has 0 rings (SSSR count). The topological polar surface area (TPSA) is 134 Å². The summed E-state index contributed by atoms with van der Waals surface area (Å²) in [5.41, 5.74) is 5.43. The van der Waals surface area contributed by atoms with Crippen molar-refractivity contribution >= 4 is 19.8 Å². The SMILES string of the molecule is CCCCCCC/C=C\C/C=C\CCCCCCCCCCCCCCCCCCCCCCCCCCCCCC(=O)OC(COC(=O)CCCCCCCCCCCCCCCCCCCCCCCCCCCCCCCCCCCCCCCCCCC)COP(=O)(O)OCCN. The number of hydrogen-bond acceptors (Lipinski definition) is 8. The number of nitrogens with two attached hydrogens (primary N) is 1. The zero-order chi connectivity index (χ0) is 72.9. The number of hydrogen-bond donors (Lipinski definition) is 2. The Hall–Kier alpha value is -1.51. The number of phosphoric acid groups is 1. The molecule has 0 aliphatic carbocycles. The zero-order valence-electron chi connectivity index (χ0n) is 68.2. The van der Waals surface area contributed by atoms with E-state index in [1.807, 2.05) is 0 Å². The van der Waals surface area contributed by atoms with Crippen molar-refractivity contribution in [1.82, 2.24) is 0 Å². The van der Waals surface area contributed by atoms with Gasteiger partial charge in [0, 0.05) is 19.4 Å². The fourth-order valence-electron chi connectivity index (χ4n) is 14.6. The molecule has 0 radical (unpaired) electrons. The minimum Gasteiger partial charge on any atom is -0.462 e. The van der Waals surface area contributed by atoms with E-state index in [4.69, 9.17) is 24.3 Å². The van der Waals surface area contributed by atoms with Gasteiger partial charge in [0.25, 0.3) is 0 Å². The Morgan fingerprint density at radius 1 is 0.297 bits per heavy atom. The molecule has 101 heavy (non-hydrogen) atoms. The number of esters is 2. The minimum absolute atomic E-state index is 0.0579. The summed E-state index contributed by atoms with van der Waals surface area (Å²) >= 11 is 0. The van der Waals surface area contributed by atoms with Crippen LogP contribution < -0.4 is 5.73 Å². The predicted octanol–water partition coefficient (Wildman–Crippen LogP) is 31.1. The highest BCUT2D eigenvalue weighted by molar-refractivity contribution is 7.47. The van der Waals surface area contributed by atoms with Gasteiger partial charge in [-0.2, -0.15) is 0 Å². The van der Waals surface area contributed by atoms with Gasteiger partial charge in [-0.15, -0.1) is 0 Å². The molecule has 0 spiro atoms. The molecule has 3 N–H and O–H groups in total. The Balaban J connectivity index is 3.67. The summed E-state index contributed by atoms with van der Waals surface area (Å²) in [6, 6.07) is 0. The van der Waals surface area contributed by atoms with E-state index in [-0.39, 0.29) is 38.6 Å². The van der Waals surface area contributed by atoms with E-state index in [0.29, 0.717) is 6.42 Å². The summed E-state index contributed by atoms with van der Waals surface area (Å²) in [6.07, 6.45) is 112. The van der Waals surface area contributed by atoms with Crippen LogP contribution in [0.3, 0.4) is 0 Å². The van der Waals surface area contributed by atoms with Crippen LogP contribution in [0.2, 0.25) is 0 Å². The van der Waals surface area contributed by atoms with Gasteiger partial charge in [0.1, 0.15) is 6.61 Å². The summed E-state index contributed by atoms with van der Waals surface area (Å²) in [6.45, 7) is 3.84. The van der Waals surface area contributed by atoms with Gasteiger partial charge in [0.2, 0.25) is 0 Å². The van der Waals surface area contributed by atoms with Crippen LogP contribution in [-0.2, 0) is 32.7 Å². The number of carbonyl (C=O) groups excluding carboxylic acids is 2. The van der Waals surface area contributed by atoms with Gasteiger partial charge >= 0.3 is 19.8 Å². The zero-order valence-corrected chi connectivity index (χ0v) is 69.1. The van der Waals surface area contributed by atoms with Crippen LogP contribution >= 0.6 is 7.82 Å². The summed E-state index contributed by atoms with van der Waals surface area (Å²) in [7, 11) is -4.40. The normalized spacial score (nSPS) is 12.8. The number of phosphoric ester groups is 1. The third-order valence-electron chi connectivity index (χ3n) is 21.3. The molecule has 0 fully saturated rings. The van der Waals surface area contributed by atoms with Crippen LogP contribution in [0.4, 0.5) is 0 Å². The van der Waals surface area contributed by atoms with E-state index in [0.717, 1.165) is 38.5 Å². The third kappa shape index (κ3) is 87.3. The maximum Gasteiger partial charge on any atom is 0.472 e. The first-order valence-corrected chi connectivity index (χ1v) is 47.3. The lowest BCUT2D eigenvalue weighted by Gasteiger charge is -2.19. The number of unbranched alkanes of at least 4 members (excludes halogenated alkanes) is 72. The van der Waals surface area contributed by atoms with E-state index in [1.54, 1.807) is 0 Å². The summed E-state index contributed by atoms with van der Waals surface area (Å²) < 4.78 is 33.4. The fourth-order valence-corrected chi connectivity index (χ4v) is 15.3. The van der Waals surface area contributed by atoms with Gasteiger partial charge in [0.15, 0.2) is 6.10 Å². The van der Waals surface area contributed by atoms with E-state index in [2.05, 4.69) is 38.2 Å². The molecule has 10 heteroatoms. The molecule has 0 heterocycles. The second kappa shape index (κ2) is 87.4. The molecular weight excluding hydrogens is 1270 g/mol. The lowest BCUT2D eigenvalue weighted by atomic mass is 10.0. The number of rotatable bonds is 89. The molecule has 0 aromatic heterocycles. The Kier molecular flexibility index (Phi) is 86.1. The Morgan fingerprint density at radius 3 is 0.752 bits per heavy atom. The summed E-state index contributed by atoms with van der Waals surface area (Å²) in [4.78, 5) is 35.5. The Bertz CT molecular complexity index is 1710. The monoisotopic (exact) mass is 1440 g/mol. The molecule has 2 unspecified atom stereocenters. The Morgan fingerprint density at radius 2 is 0.515 bits per heavy atom. The smallest absolute Gasteiger partial charge is 0.462 e. The van der Waals surface area contributed by atoms with Crippen molar-refractivity contribution in [3.63, 3.8) is 0 Å². The van der Waals surface area contributed by atoms with Crippen molar-refractivity contribution in [2.45, 2.75) is 521 Å². The second-order valence-corrected chi connectivity index (χ2v) is 33.0. The van der Waals surface area contributed by atoms with Gasteiger partial charge in [-0.3, -0.25) is 18.6 Å². The lowest BCUT2D eigenvalue weighted by Crippen LogP contribution is -2.29. The van der Waals surface area contributed by atoms with Crippen LogP contribution in [0.25, 0.3) is 0 Å². The quantitative estimate of drug-likeness (QED) is 0.0264. The highest BCUT2D eigenvalue weighted by atomic mass is 31.2. The molecule has 0 saturated heterocycles. The first-order chi connectivity index (χ1) is 49.8. The second-order valence-electron chi connectivity index (χ2n) is 31.5. The van der Waals surface area contributed by atoms with Gasteiger partial charge < -0.3 is 20.1 Å². The van der Waals surface area contributed by atoms with E-state index in [9.17, 15) is 19.0 Å². The van der Waals surface area contributed by atoms with E-state index >= 15 is 0 Å². The molecule has 0 aliphatic rings. The van der Waals surface area contributed by atoms with E-state index in [1.165, 1.54) is 443 Å². The maximum absolute atomic E-state index is 12.8. The molecule has 9 nitrogen and oxygen atoms in total. The first kappa shape index (κ1) is 99.5. The van der Waals surface area contributed by atoms with Gasteiger partial charge in [-0.1, -0.05) is 481 Å². The predicted molar refractivity (Wildman–Crippen MR) is 441 cm³/mol. The lowest BCUT2D eigenvalue weighted by molar-refractivity contribution is -0.161. The van der Waals surface area contributed by atoms with Crippen molar-refractivity contribution < 1.29 is 37.6 Å². The van der Waals surface area contributed by atoms with Crippen molar-refractivity contribution in [3.8, 4) is 0 Å². The van der Waals surface area contributed by atoms with Crippen LogP contribution in [0, 0.1) is 0 Å². The largest absolute Gasteiger partial charge is 0.472 e. The number of ether oxygens (including phenoxy) is 2. The molecule has 0 aliphatic heterocycles. The average molecular weight is 1450 g/mol. The third-order valence-corrected chi connectivity index (χ3v) is 22.3. The fraction of sp³-hybridized carbons (Fsp3) is 0.934.